The standard InChI is InChI=1S/C16H22N4S/c1-2-20(14-6-7-14)10-9-17-11-13-12-21-16(19-13)15-5-3-4-8-18-15/h3-5,8,12,14,17H,2,6-7,9-11H2,1H3. The van der Waals surface area contributed by atoms with E-state index in [2.05, 4.69) is 32.5 Å². The molecule has 0 aromatic carbocycles. The third-order valence-corrected chi connectivity index (χ3v) is 4.70. The number of aromatic nitrogens is 2. The summed E-state index contributed by atoms with van der Waals surface area (Å²) < 4.78 is 0. The van der Waals surface area contributed by atoms with Crippen molar-refractivity contribution in [3.63, 3.8) is 0 Å². The molecule has 0 unspecified atom stereocenters. The van der Waals surface area contributed by atoms with Gasteiger partial charge in [0.05, 0.1) is 11.4 Å². The first-order valence-electron chi connectivity index (χ1n) is 7.67. The van der Waals surface area contributed by atoms with Crippen LogP contribution in [0.4, 0.5) is 0 Å². The molecule has 0 bridgehead atoms. The van der Waals surface area contributed by atoms with Crippen LogP contribution in [0.15, 0.2) is 29.8 Å². The monoisotopic (exact) mass is 302 g/mol. The molecule has 3 rings (SSSR count). The molecule has 0 aliphatic heterocycles. The van der Waals surface area contributed by atoms with Crippen LogP contribution >= 0.6 is 11.3 Å². The fourth-order valence-electron chi connectivity index (χ4n) is 2.47. The average molecular weight is 302 g/mol. The highest BCUT2D eigenvalue weighted by Crippen LogP contribution is 2.25. The number of hydrogen-bond donors (Lipinski definition) is 1. The van der Waals surface area contributed by atoms with Gasteiger partial charge in [0.25, 0.3) is 0 Å². The van der Waals surface area contributed by atoms with Crippen molar-refractivity contribution in [3.05, 3.63) is 35.5 Å². The zero-order valence-corrected chi connectivity index (χ0v) is 13.3. The molecule has 21 heavy (non-hydrogen) atoms. The van der Waals surface area contributed by atoms with Gasteiger partial charge in [-0.2, -0.15) is 0 Å². The van der Waals surface area contributed by atoms with Gasteiger partial charge in [-0.3, -0.25) is 9.88 Å². The molecule has 5 heteroatoms. The second-order valence-electron chi connectivity index (χ2n) is 5.40. The van der Waals surface area contributed by atoms with E-state index in [0.717, 1.165) is 48.6 Å². The minimum atomic E-state index is 0.839. The van der Waals surface area contributed by atoms with Crippen LogP contribution in [0.2, 0.25) is 0 Å². The van der Waals surface area contributed by atoms with Crippen LogP contribution in [0.25, 0.3) is 10.7 Å². The molecule has 1 aliphatic carbocycles. The van der Waals surface area contributed by atoms with Gasteiger partial charge in [0.15, 0.2) is 0 Å². The van der Waals surface area contributed by atoms with Crippen LogP contribution < -0.4 is 5.32 Å². The van der Waals surface area contributed by atoms with Crippen LogP contribution in [0, 0.1) is 0 Å². The van der Waals surface area contributed by atoms with Crippen molar-refractivity contribution in [1.82, 2.24) is 20.2 Å². The fourth-order valence-corrected chi connectivity index (χ4v) is 3.27. The first kappa shape index (κ1) is 14.6. The van der Waals surface area contributed by atoms with E-state index in [1.807, 2.05) is 24.4 Å². The van der Waals surface area contributed by atoms with Gasteiger partial charge < -0.3 is 5.32 Å². The quantitative estimate of drug-likeness (QED) is 0.761. The van der Waals surface area contributed by atoms with Crippen molar-refractivity contribution < 1.29 is 0 Å². The van der Waals surface area contributed by atoms with E-state index in [1.165, 1.54) is 12.8 Å². The average Bonchev–Trinajstić information content (AvgIpc) is 3.26. The van der Waals surface area contributed by atoms with Gasteiger partial charge in [0, 0.05) is 37.3 Å². The Kier molecular flexibility index (Phi) is 4.95. The van der Waals surface area contributed by atoms with E-state index in [-0.39, 0.29) is 0 Å². The summed E-state index contributed by atoms with van der Waals surface area (Å²) in [4.78, 5) is 11.5. The van der Waals surface area contributed by atoms with E-state index in [9.17, 15) is 0 Å². The fraction of sp³-hybridized carbons (Fsp3) is 0.500. The summed E-state index contributed by atoms with van der Waals surface area (Å²) >= 11 is 1.66. The van der Waals surface area contributed by atoms with Crippen LogP contribution in [-0.2, 0) is 6.54 Å². The van der Waals surface area contributed by atoms with E-state index in [0.29, 0.717) is 0 Å². The highest BCUT2D eigenvalue weighted by atomic mass is 32.1. The molecule has 0 amide bonds. The third kappa shape index (κ3) is 4.09. The number of hydrogen-bond acceptors (Lipinski definition) is 5. The Morgan fingerprint density at radius 2 is 2.29 bits per heavy atom. The van der Waals surface area contributed by atoms with Gasteiger partial charge in [-0.15, -0.1) is 11.3 Å². The number of pyridine rings is 1. The summed E-state index contributed by atoms with van der Waals surface area (Å²) in [7, 11) is 0. The van der Waals surface area contributed by atoms with Gasteiger partial charge in [-0.1, -0.05) is 13.0 Å². The Bertz CT molecular complexity index is 550. The van der Waals surface area contributed by atoms with Gasteiger partial charge in [0.1, 0.15) is 5.01 Å². The zero-order chi connectivity index (χ0) is 14.5. The molecule has 4 nitrogen and oxygen atoms in total. The molecule has 1 fully saturated rings. The van der Waals surface area contributed by atoms with E-state index < -0.39 is 0 Å². The molecule has 1 aliphatic rings. The Balaban J connectivity index is 1.44. The number of nitrogens with zero attached hydrogens (tertiary/aromatic N) is 3. The molecule has 0 atom stereocenters. The summed E-state index contributed by atoms with van der Waals surface area (Å²) in [5, 5.41) is 6.62. The van der Waals surface area contributed by atoms with Crippen molar-refractivity contribution in [1.29, 1.82) is 0 Å². The van der Waals surface area contributed by atoms with Crippen molar-refractivity contribution in [2.75, 3.05) is 19.6 Å². The van der Waals surface area contributed by atoms with Gasteiger partial charge in [-0.05, 0) is 31.5 Å². The Labute approximate surface area is 130 Å². The maximum absolute atomic E-state index is 4.64. The summed E-state index contributed by atoms with van der Waals surface area (Å²) in [6.07, 6.45) is 4.58. The largest absolute Gasteiger partial charge is 0.310 e. The zero-order valence-electron chi connectivity index (χ0n) is 12.5. The first-order valence-corrected chi connectivity index (χ1v) is 8.55. The number of nitrogens with one attached hydrogen (secondary N) is 1. The van der Waals surface area contributed by atoms with Crippen molar-refractivity contribution in [3.8, 4) is 10.7 Å². The minimum Gasteiger partial charge on any atom is -0.310 e. The summed E-state index contributed by atoms with van der Waals surface area (Å²) in [6.45, 7) is 6.41. The van der Waals surface area contributed by atoms with Crippen molar-refractivity contribution in [2.24, 2.45) is 0 Å². The summed E-state index contributed by atoms with van der Waals surface area (Å²) in [5.74, 6) is 0. The molecule has 2 aromatic rings. The molecular weight excluding hydrogens is 280 g/mol. The van der Waals surface area contributed by atoms with Gasteiger partial charge >= 0.3 is 0 Å². The number of thiazole rings is 1. The Hall–Kier alpha value is -1.30. The lowest BCUT2D eigenvalue weighted by molar-refractivity contribution is 0.277. The van der Waals surface area contributed by atoms with Crippen molar-refractivity contribution in [2.45, 2.75) is 32.4 Å². The molecule has 0 radical (unpaired) electrons. The van der Waals surface area contributed by atoms with Gasteiger partial charge in [-0.25, -0.2) is 4.98 Å². The van der Waals surface area contributed by atoms with Crippen molar-refractivity contribution >= 4 is 11.3 Å². The molecule has 1 N–H and O–H groups in total. The second-order valence-corrected chi connectivity index (χ2v) is 6.25. The van der Waals surface area contributed by atoms with Gasteiger partial charge in [0.2, 0.25) is 0 Å². The Morgan fingerprint density at radius 3 is 3.00 bits per heavy atom. The first-order chi connectivity index (χ1) is 10.4. The SMILES string of the molecule is CCN(CCNCc1csc(-c2ccccn2)n1)C1CC1. The highest BCUT2D eigenvalue weighted by molar-refractivity contribution is 7.13. The molecule has 112 valence electrons. The molecule has 2 heterocycles. The lowest BCUT2D eigenvalue weighted by atomic mass is 10.3. The number of likely N-dealkylation sites (N-methyl/N-ethyl adjacent to an activating group) is 1. The van der Waals surface area contributed by atoms with Crippen LogP contribution in [-0.4, -0.2) is 40.5 Å². The normalized spacial score (nSPS) is 14.8. The van der Waals surface area contributed by atoms with Crippen LogP contribution in [0.1, 0.15) is 25.5 Å². The Morgan fingerprint density at radius 1 is 1.38 bits per heavy atom. The lowest BCUT2D eigenvalue weighted by Crippen LogP contribution is -2.33. The van der Waals surface area contributed by atoms with E-state index in [4.69, 9.17) is 0 Å². The second kappa shape index (κ2) is 7.11. The molecule has 0 spiro atoms. The van der Waals surface area contributed by atoms with Crippen LogP contribution in [0.5, 0.6) is 0 Å². The lowest BCUT2D eigenvalue weighted by Gasteiger charge is -2.19. The maximum atomic E-state index is 4.64. The minimum absolute atomic E-state index is 0.839. The topological polar surface area (TPSA) is 41.0 Å². The molecule has 2 aromatic heterocycles. The molecular formula is C16H22N4S. The summed E-state index contributed by atoms with van der Waals surface area (Å²) in [5.41, 5.74) is 2.06. The van der Waals surface area contributed by atoms with E-state index >= 15 is 0 Å². The van der Waals surface area contributed by atoms with E-state index in [1.54, 1.807) is 11.3 Å². The van der Waals surface area contributed by atoms with Crippen LogP contribution in [0.3, 0.4) is 0 Å². The summed E-state index contributed by atoms with van der Waals surface area (Å²) in [6, 6.07) is 6.79. The third-order valence-electron chi connectivity index (χ3n) is 3.79. The smallest absolute Gasteiger partial charge is 0.142 e. The predicted molar refractivity (Wildman–Crippen MR) is 87.3 cm³/mol. The molecule has 1 saturated carbocycles. The molecule has 0 saturated heterocycles. The predicted octanol–water partition coefficient (Wildman–Crippen LogP) is 2.78. The number of rotatable bonds is 8. The highest BCUT2D eigenvalue weighted by Gasteiger charge is 2.26. The maximum Gasteiger partial charge on any atom is 0.142 e.